The lowest BCUT2D eigenvalue weighted by Gasteiger charge is -2.24. The smallest absolute Gasteiger partial charge is 0.0558 e. The molecule has 3 heteroatoms. The highest BCUT2D eigenvalue weighted by Gasteiger charge is 2.08. The largest absolute Gasteiger partial charge is 0.395 e. The second kappa shape index (κ2) is 5.58. The molecule has 0 aromatic rings. The van der Waals surface area contributed by atoms with Gasteiger partial charge in [-0.15, -0.1) is 0 Å². The number of hydrogen-bond donors (Lipinski definition) is 1. The summed E-state index contributed by atoms with van der Waals surface area (Å²) < 4.78 is 0. The number of aliphatic hydroxyl groups excluding tert-OH is 1. The summed E-state index contributed by atoms with van der Waals surface area (Å²) >= 11 is 5.63. The van der Waals surface area contributed by atoms with E-state index in [9.17, 15) is 0 Å². The number of nitrogens with zero attached hydrogens (tertiary/aromatic N) is 1. The summed E-state index contributed by atoms with van der Waals surface area (Å²) in [5.41, 5.74) is 0. The standard InChI is InChI=1S/C8H16ClNO/c1-7(2)10(4-5-11)6-8(3)9/h7,11H,3-6H2,1-2H3. The second-order valence-corrected chi connectivity index (χ2v) is 3.34. The first-order valence-electron chi connectivity index (χ1n) is 3.76. The van der Waals surface area contributed by atoms with Gasteiger partial charge in [0.2, 0.25) is 0 Å². The van der Waals surface area contributed by atoms with E-state index in [1.165, 1.54) is 0 Å². The Bertz CT molecular complexity index is 125. The zero-order valence-electron chi connectivity index (χ0n) is 7.18. The van der Waals surface area contributed by atoms with Gasteiger partial charge in [0.15, 0.2) is 0 Å². The summed E-state index contributed by atoms with van der Waals surface area (Å²) in [6.45, 7) is 9.21. The lowest BCUT2D eigenvalue weighted by atomic mass is 10.3. The molecule has 66 valence electrons. The van der Waals surface area contributed by atoms with Gasteiger partial charge in [-0.25, -0.2) is 0 Å². The van der Waals surface area contributed by atoms with E-state index in [1.807, 2.05) is 0 Å². The fraction of sp³-hybridized carbons (Fsp3) is 0.750. The van der Waals surface area contributed by atoms with Crippen molar-refractivity contribution in [2.24, 2.45) is 0 Å². The fourth-order valence-electron chi connectivity index (χ4n) is 0.869. The molecule has 0 bridgehead atoms. The van der Waals surface area contributed by atoms with Crippen molar-refractivity contribution in [3.63, 3.8) is 0 Å². The number of halogens is 1. The molecular weight excluding hydrogens is 162 g/mol. The first-order valence-corrected chi connectivity index (χ1v) is 4.14. The molecule has 0 aromatic carbocycles. The minimum Gasteiger partial charge on any atom is -0.395 e. The molecule has 0 radical (unpaired) electrons. The predicted molar refractivity (Wildman–Crippen MR) is 48.8 cm³/mol. The fourth-order valence-corrected chi connectivity index (χ4v) is 1.02. The van der Waals surface area contributed by atoms with Gasteiger partial charge in [-0.3, -0.25) is 4.90 Å². The first-order chi connectivity index (χ1) is 5.07. The third-order valence-corrected chi connectivity index (χ3v) is 1.61. The summed E-state index contributed by atoms with van der Waals surface area (Å²) in [6.07, 6.45) is 0. The minimum atomic E-state index is 0.169. The number of aliphatic hydroxyl groups is 1. The van der Waals surface area contributed by atoms with Crippen molar-refractivity contribution in [3.8, 4) is 0 Å². The van der Waals surface area contributed by atoms with Crippen LogP contribution in [0.5, 0.6) is 0 Å². The van der Waals surface area contributed by atoms with Crippen molar-refractivity contribution in [1.29, 1.82) is 0 Å². The van der Waals surface area contributed by atoms with E-state index in [0.29, 0.717) is 24.2 Å². The van der Waals surface area contributed by atoms with Crippen LogP contribution < -0.4 is 0 Å². The van der Waals surface area contributed by atoms with Gasteiger partial charge in [-0.1, -0.05) is 18.2 Å². The van der Waals surface area contributed by atoms with Crippen molar-refractivity contribution in [2.75, 3.05) is 19.7 Å². The van der Waals surface area contributed by atoms with Crippen molar-refractivity contribution < 1.29 is 5.11 Å². The van der Waals surface area contributed by atoms with Gasteiger partial charge in [0.1, 0.15) is 0 Å². The summed E-state index contributed by atoms with van der Waals surface area (Å²) in [4.78, 5) is 2.06. The normalized spacial score (nSPS) is 11.1. The van der Waals surface area contributed by atoms with Crippen molar-refractivity contribution >= 4 is 11.6 Å². The summed E-state index contributed by atoms with van der Waals surface area (Å²) in [5, 5.41) is 9.30. The molecule has 0 spiro atoms. The van der Waals surface area contributed by atoms with Gasteiger partial charge in [-0.2, -0.15) is 0 Å². The lowest BCUT2D eigenvalue weighted by molar-refractivity contribution is 0.179. The van der Waals surface area contributed by atoms with E-state index in [1.54, 1.807) is 0 Å². The van der Waals surface area contributed by atoms with Gasteiger partial charge >= 0.3 is 0 Å². The van der Waals surface area contributed by atoms with Crippen molar-refractivity contribution in [2.45, 2.75) is 19.9 Å². The molecular formula is C8H16ClNO. The van der Waals surface area contributed by atoms with Crippen LogP contribution in [0.15, 0.2) is 11.6 Å². The summed E-state index contributed by atoms with van der Waals surface area (Å²) in [6, 6.07) is 0.401. The number of hydrogen-bond acceptors (Lipinski definition) is 2. The molecule has 1 N–H and O–H groups in total. The number of rotatable bonds is 5. The van der Waals surface area contributed by atoms with E-state index in [2.05, 4.69) is 25.3 Å². The molecule has 0 aliphatic heterocycles. The molecule has 0 saturated heterocycles. The molecule has 0 aliphatic carbocycles. The summed E-state index contributed by atoms with van der Waals surface area (Å²) in [5.74, 6) is 0. The Balaban J connectivity index is 3.79. The van der Waals surface area contributed by atoms with E-state index in [4.69, 9.17) is 16.7 Å². The Morgan fingerprint density at radius 3 is 2.45 bits per heavy atom. The van der Waals surface area contributed by atoms with E-state index >= 15 is 0 Å². The SMILES string of the molecule is C=C(Cl)CN(CCO)C(C)C. The van der Waals surface area contributed by atoms with Crippen LogP contribution in [0.1, 0.15) is 13.8 Å². The predicted octanol–water partition coefficient (Wildman–Crippen LogP) is 1.44. The molecule has 2 nitrogen and oxygen atoms in total. The zero-order chi connectivity index (χ0) is 8.85. The molecule has 0 atom stereocenters. The van der Waals surface area contributed by atoms with Crippen LogP contribution in [0.2, 0.25) is 0 Å². The van der Waals surface area contributed by atoms with Crippen LogP contribution in [-0.2, 0) is 0 Å². The van der Waals surface area contributed by atoms with Crippen LogP contribution in [0.25, 0.3) is 0 Å². The van der Waals surface area contributed by atoms with Crippen LogP contribution in [0.3, 0.4) is 0 Å². The molecule has 0 fully saturated rings. The highest BCUT2D eigenvalue weighted by atomic mass is 35.5. The molecule has 0 amide bonds. The molecule has 0 aliphatic rings. The maximum atomic E-state index is 8.68. The topological polar surface area (TPSA) is 23.5 Å². The van der Waals surface area contributed by atoms with Crippen LogP contribution in [0, 0.1) is 0 Å². The van der Waals surface area contributed by atoms with Gasteiger partial charge in [-0.05, 0) is 13.8 Å². The third-order valence-electron chi connectivity index (χ3n) is 1.49. The van der Waals surface area contributed by atoms with Crippen molar-refractivity contribution in [1.82, 2.24) is 4.90 Å². The highest BCUT2D eigenvalue weighted by molar-refractivity contribution is 6.29. The average Bonchev–Trinajstić information content (AvgIpc) is 1.86. The average molecular weight is 178 g/mol. The van der Waals surface area contributed by atoms with Crippen molar-refractivity contribution in [3.05, 3.63) is 11.6 Å². The monoisotopic (exact) mass is 177 g/mol. The Labute approximate surface area is 73.5 Å². The molecule has 0 rings (SSSR count). The van der Waals surface area contributed by atoms with Gasteiger partial charge in [0.25, 0.3) is 0 Å². The molecule has 0 aromatic heterocycles. The lowest BCUT2D eigenvalue weighted by Crippen LogP contribution is -2.34. The third kappa shape index (κ3) is 5.24. The van der Waals surface area contributed by atoms with Gasteiger partial charge in [0, 0.05) is 24.2 Å². The Kier molecular flexibility index (Phi) is 5.56. The maximum Gasteiger partial charge on any atom is 0.0558 e. The zero-order valence-corrected chi connectivity index (χ0v) is 7.93. The van der Waals surface area contributed by atoms with Crippen LogP contribution in [-0.4, -0.2) is 35.7 Å². The van der Waals surface area contributed by atoms with Crippen LogP contribution >= 0.6 is 11.6 Å². The Hall–Kier alpha value is -0.0500. The second-order valence-electron chi connectivity index (χ2n) is 2.81. The molecule has 0 unspecified atom stereocenters. The van der Waals surface area contributed by atoms with Gasteiger partial charge < -0.3 is 5.11 Å². The van der Waals surface area contributed by atoms with E-state index < -0.39 is 0 Å². The minimum absolute atomic E-state index is 0.169. The van der Waals surface area contributed by atoms with Crippen LogP contribution in [0.4, 0.5) is 0 Å². The quantitative estimate of drug-likeness (QED) is 0.687. The maximum absolute atomic E-state index is 8.68. The van der Waals surface area contributed by atoms with E-state index in [-0.39, 0.29) is 6.61 Å². The van der Waals surface area contributed by atoms with Gasteiger partial charge in [0.05, 0.1) is 6.61 Å². The Morgan fingerprint density at radius 1 is 1.64 bits per heavy atom. The Morgan fingerprint density at radius 2 is 2.18 bits per heavy atom. The molecule has 0 saturated carbocycles. The molecule has 0 heterocycles. The highest BCUT2D eigenvalue weighted by Crippen LogP contribution is 2.04. The summed E-state index contributed by atoms with van der Waals surface area (Å²) in [7, 11) is 0. The molecule has 11 heavy (non-hydrogen) atoms. The first kappa shape index (κ1) is 11.0. The van der Waals surface area contributed by atoms with E-state index in [0.717, 1.165) is 0 Å².